The van der Waals surface area contributed by atoms with E-state index in [2.05, 4.69) is 20.0 Å². The first-order chi connectivity index (χ1) is 17.6. The molecule has 1 aliphatic heterocycles. The molecule has 4 rings (SSSR count). The van der Waals surface area contributed by atoms with E-state index in [0.717, 1.165) is 25.7 Å². The van der Waals surface area contributed by atoms with Crippen LogP contribution in [0.4, 0.5) is 11.6 Å². The van der Waals surface area contributed by atoms with Gasteiger partial charge in [-0.25, -0.2) is 31.5 Å². The molecule has 0 spiro atoms. The fraction of sp³-hybridized carbons (Fsp3) is 0.292. The van der Waals surface area contributed by atoms with Crippen molar-refractivity contribution in [1.29, 1.82) is 0 Å². The van der Waals surface area contributed by atoms with E-state index < -0.39 is 26.0 Å². The lowest BCUT2D eigenvalue weighted by Crippen LogP contribution is -2.32. The molecule has 1 saturated heterocycles. The lowest BCUT2D eigenvalue weighted by molar-refractivity contribution is 0.102. The number of nitrogens with zero attached hydrogens (tertiary/aromatic N) is 3. The van der Waals surface area contributed by atoms with Gasteiger partial charge in [0.15, 0.2) is 0 Å². The van der Waals surface area contributed by atoms with Crippen LogP contribution in [0, 0.1) is 6.92 Å². The Labute approximate surface area is 221 Å². The van der Waals surface area contributed by atoms with Gasteiger partial charge in [-0.15, -0.1) is 0 Å². The van der Waals surface area contributed by atoms with E-state index in [0.29, 0.717) is 24.5 Å². The third-order valence-electron chi connectivity index (χ3n) is 5.83. The van der Waals surface area contributed by atoms with Crippen LogP contribution in [-0.4, -0.2) is 50.1 Å². The van der Waals surface area contributed by atoms with Crippen LogP contribution < -0.4 is 10.0 Å². The number of aromatic nitrogens is 2. The number of hydrogen-bond acceptors (Lipinski definition) is 7. The predicted molar refractivity (Wildman–Crippen MR) is 141 cm³/mol. The van der Waals surface area contributed by atoms with Gasteiger partial charge in [0, 0.05) is 30.7 Å². The predicted octanol–water partition coefficient (Wildman–Crippen LogP) is 4.06. The highest BCUT2D eigenvalue weighted by atomic mass is 35.5. The zero-order valence-corrected chi connectivity index (χ0v) is 22.4. The Kier molecular flexibility index (Phi) is 8.12. The van der Waals surface area contributed by atoms with Crippen LogP contribution >= 0.6 is 11.6 Å². The summed E-state index contributed by atoms with van der Waals surface area (Å²) in [6, 6.07) is 11.1. The average molecular weight is 564 g/mol. The second-order valence-corrected chi connectivity index (χ2v) is 12.6. The van der Waals surface area contributed by atoms with E-state index in [-0.39, 0.29) is 26.3 Å². The molecule has 0 atom stereocenters. The number of rotatable bonds is 7. The van der Waals surface area contributed by atoms with Gasteiger partial charge < -0.3 is 5.32 Å². The van der Waals surface area contributed by atoms with Crippen molar-refractivity contribution in [2.45, 2.75) is 42.4 Å². The second-order valence-electron chi connectivity index (χ2n) is 8.57. The summed E-state index contributed by atoms with van der Waals surface area (Å²) >= 11 is 6.22. The largest absolute Gasteiger partial charge is 0.322 e. The molecule has 3 aromatic rings. The molecule has 10 nitrogen and oxygen atoms in total. The summed E-state index contributed by atoms with van der Waals surface area (Å²) in [7, 11) is -7.72. The number of carbonyl (C=O) groups excluding carboxylic acids is 1. The minimum Gasteiger partial charge on any atom is -0.322 e. The first kappa shape index (κ1) is 27.0. The second kappa shape index (κ2) is 11.1. The minimum atomic E-state index is -3.95. The fourth-order valence-electron chi connectivity index (χ4n) is 3.86. The van der Waals surface area contributed by atoms with Gasteiger partial charge in [0.05, 0.1) is 20.4 Å². The maximum absolute atomic E-state index is 13.1. The molecule has 1 amide bonds. The van der Waals surface area contributed by atoms with Crippen molar-refractivity contribution in [2.24, 2.45) is 0 Å². The molecule has 0 saturated carbocycles. The molecule has 0 aliphatic carbocycles. The summed E-state index contributed by atoms with van der Waals surface area (Å²) in [5.74, 6) is -0.679. The number of aryl methyl sites for hydroxylation is 1. The van der Waals surface area contributed by atoms with Crippen molar-refractivity contribution in [1.82, 2.24) is 14.3 Å². The average Bonchev–Trinajstić information content (AvgIpc) is 3.14. The van der Waals surface area contributed by atoms with Gasteiger partial charge >= 0.3 is 0 Å². The van der Waals surface area contributed by atoms with Crippen molar-refractivity contribution >= 4 is 49.2 Å². The Morgan fingerprint density at radius 1 is 0.919 bits per heavy atom. The van der Waals surface area contributed by atoms with Gasteiger partial charge in [0.25, 0.3) is 15.9 Å². The maximum atomic E-state index is 13.1. The lowest BCUT2D eigenvalue weighted by Gasteiger charge is -2.20. The number of anilines is 2. The Bertz CT molecular complexity index is 1500. The molecule has 1 fully saturated rings. The first-order valence-corrected chi connectivity index (χ1v) is 14.9. The summed E-state index contributed by atoms with van der Waals surface area (Å²) in [5.41, 5.74) is 0.896. The van der Waals surface area contributed by atoms with Crippen LogP contribution in [0.3, 0.4) is 0 Å². The number of nitrogens with one attached hydrogen (secondary N) is 2. The normalized spacial score (nSPS) is 15.1. The molecular formula is C24H26ClN5O5S2. The number of amides is 1. The number of carbonyl (C=O) groups is 1. The third-order valence-corrected chi connectivity index (χ3v) is 9.40. The number of hydrogen-bond donors (Lipinski definition) is 2. The molecule has 2 heterocycles. The summed E-state index contributed by atoms with van der Waals surface area (Å²) in [4.78, 5) is 20.8. The van der Waals surface area contributed by atoms with E-state index in [9.17, 15) is 21.6 Å². The highest BCUT2D eigenvalue weighted by Gasteiger charge is 2.27. The number of halogens is 1. The van der Waals surface area contributed by atoms with Crippen molar-refractivity contribution in [3.8, 4) is 0 Å². The quantitative estimate of drug-likeness (QED) is 0.442. The molecule has 0 bridgehead atoms. The Morgan fingerprint density at radius 2 is 1.57 bits per heavy atom. The van der Waals surface area contributed by atoms with Crippen LogP contribution in [0.25, 0.3) is 0 Å². The van der Waals surface area contributed by atoms with Gasteiger partial charge in [-0.2, -0.15) is 4.31 Å². The van der Waals surface area contributed by atoms with E-state index >= 15 is 0 Å². The summed E-state index contributed by atoms with van der Waals surface area (Å²) in [6.07, 6.45) is 4.99. The molecule has 0 radical (unpaired) electrons. The highest BCUT2D eigenvalue weighted by molar-refractivity contribution is 7.92. The highest BCUT2D eigenvalue weighted by Crippen LogP contribution is 2.26. The Hall–Kier alpha value is -3.06. The van der Waals surface area contributed by atoms with Gasteiger partial charge in [-0.1, -0.05) is 24.4 Å². The smallest absolute Gasteiger partial charge is 0.264 e. The van der Waals surface area contributed by atoms with Crippen LogP contribution in [0.1, 0.15) is 41.7 Å². The fourth-order valence-corrected chi connectivity index (χ4v) is 6.56. The molecule has 1 aliphatic rings. The Morgan fingerprint density at radius 3 is 2.22 bits per heavy atom. The molecule has 2 aromatic carbocycles. The summed E-state index contributed by atoms with van der Waals surface area (Å²) in [6.45, 7) is 2.59. The molecule has 2 N–H and O–H groups in total. The van der Waals surface area contributed by atoms with Crippen LogP contribution in [0.5, 0.6) is 0 Å². The summed E-state index contributed by atoms with van der Waals surface area (Å²) < 4.78 is 55.3. The molecular weight excluding hydrogens is 538 g/mol. The minimum absolute atomic E-state index is 0.00478. The van der Waals surface area contributed by atoms with Gasteiger partial charge in [-0.05, 0) is 68.3 Å². The van der Waals surface area contributed by atoms with Crippen molar-refractivity contribution < 1.29 is 21.6 Å². The molecule has 196 valence electrons. The van der Waals surface area contributed by atoms with Gasteiger partial charge in [-0.3, -0.25) is 4.79 Å². The van der Waals surface area contributed by atoms with E-state index in [1.807, 2.05) is 0 Å². The molecule has 37 heavy (non-hydrogen) atoms. The number of sulfonamides is 2. The molecule has 1 aromatic heterocycles. The van der Waals surface area contributed by atoms with Crippen LogP contribution in [0.2, 0.25) is 5.02 Å². The standard InChI is InChI=1S/C24H26ClN5O5S2/c1-17-12-13-26-24(27-17)29-36(32,33)19-8-6-18(7-9-19)28-23(31)21-16-20(10-11-22(21)25)37(34,35)30-14-4-2-3-5-15-30/h6-13,16H,2-5,14-15H2,1H3,(H,28,31)(H,26,27,29). The monoisotopic (exact) mass is 563 g/mol. The Balaban J connectivity index is 1.50. The number of benzene rings is 2. The SMILES string of the molecule is Cc1ccnc(NS(=O)(=O)c2ccc(NC(=O)c3cc(S(=O)(=O)N4CCCCCC4)ccc3Cl)cc2)n1. The van der Waals surface area contributed by atoms with Crippen molar-refractivity contribution in [2.75, 3.05) is 23.1 Å². The van der Waals surface area contributed by atoms with Gasteiger partial charge in [0.2, 0.25) is 16.0 Å². The zero-order valence-electron chi connectivity index (χ0n) is 20.0. The van der Waals surface area contributed by atoms with E-state index in [1.165, 1.54) is 53.0 Å². The molecule has 0 unspecified atom stereocenters. The zero-order chi connectivity index (χ0) is 26.6. The van der Waals surface area contributed by atoms with Crippen molar-refractivity contribution in [3.05, 3.63) is 71.0 Å². The topological polar surface area (TPSA) is 138 Å². The first-order valence-electron chi connectivity index (χ1n) is 11.6. The van der Waals surface area contributed by atoms with Crippen LogP contribution in [0.15, 0.2) is 64.5 Å². The van der Waals surface area contributed by atoms with Gasteiger partial charge in [0.1, 0.15) is 0 Å². The maximum Gasteiger partial charge on any atom is 0.264 e. The molecule has 13 heteroatoms. The lowest BCUT2D eigenvalue weighted by atomic mass is 10.2. The van der Waals surface area contributed by atoms with Crippen LogP contribution in [-0.2, 0) is 20.0 Å². The third kappa shape index (κ3) is 6.45. The van der Waals surface area contributed by atoms with Crippen molar-refractivity contribution in [3.63, 3.8) is 0 Å². The van der Waals surface area contributed by atoms with E-state index in [1.54, 1.807) is 13.0 Å². The summed E-state index contributed by atoms with van der Waals surface area (Å²) in [5, 5.41) is 2.72. The van der Waals surface area contributed by atoms with E-state index in [4.69, 9.17) is 11.6 Å².